The van der Waals surface area contributed by atoms with Crippen LogP contribution in [0.3, 0.4) is 0 Å². The molecule has 0 saturated heterocycles. The third kappa shape index (κ3) is 1.98. The number of hydrogen-bond acceptors (Lipinski definition) is 3. The van der Waals surface area contributed by atoms with Crippen molar-refractivity contribution >= 4 is 33.1 Å². The second kappa shape index (κ2) is 4.58. The minimum atomic E-state index is -0.119. The number of nitrogens with zero attached hydrogens (tertiary/aromatic N) is 1. The molecule has 0 saturated carbocycles. The maximum atomic E-state index is 12.1. The first-order valence-electron chi connectivity index (χ1n) is 5.53. The van der Waals surface area contributed by atoms with Crippen molar-refractivity contribution in [3.63, 3.8) is 0 Å². The number of nitrogens with one attached hydrogen (secondary N) is 1. The highest BCUT2D eigenvalue weighted by Gasteiger charge is 2.12. The van der Waals surface area contributed by atoms with E-state index in [-0.39, 0.29) is 5.91 Å². The van der Waals surface area contributed by atoms with Crippen LogP contribution in [0.2, 0.25) is 0 Å². The van der Waals surface area contributed by atoms with Crippen molar-refractivity contribution in [2.24, 2.45) is 0 Å². The molecule has 18 heavy (non-hydrogen) atoms. The molecule has 2 aromatic heterocycles. The maximum Gasteiger partial charge on any atom is 0.258 e. The Morgan fingerprint density at radius 1 is 1.11 bits per heavy atom. The number of hydrogen-bond donors (Lipinski definition) is 1. The van der Waals surface area contributed by atoms with Crippen LogP contribution in [0.25, 0.3) is 10.1 Å². The van der Waals surface area contributed by atoms with Gasteiger partial charge in [-0.3, -0.25) is 4.79 Å². The van der Waals surface area contributed by atoms with E-state index >= 15 is 0 Å². The molecule has 1 amide bonds. The van der Waals surface area contributed by atoms with Gasteiger partial charge in [-0.15, -0.1) is 11.3 Å². The van der Waals surface area contributed by atoms with E-state index in [4.69, 9.17) is 0 Å². The van der Waals surface area contributed by atoms with E-state index in [1.165, 1.54) is 0 Å². The first-order valence-corrected chi connectivity index (χ1v) is 6.41. The van der Waals surface area contributed by atoms with Crippen LogP contribution in [0.4, 0.5) is 5.82 Å². The summed E-state index contributed by atoms with van der Waals surface area (Å²) >= 11 is 1.57. The lowest BCUT2D eigenvalue weighted by molar-refractivity contribution is 0.102. The van der Waals surface area contributed by atoms with E-state index in [9.17, 15) is 4.79 Å². The van der Waals surface area contributed by atoms with Gasteiger partial charge in [0.15, 0.2) is 0 Å². The summed E-state index contributed by atoms with van der Waals surface area (Å²) in [5.41, 5.74) is 0.696. The second-order valence-corrected chi connectivity index (χ2v) is 4.73. The van der Waals surface area contributed by atoms with Gasteiger partial charge >= 0.3 is 0 Å². The van der Waals surface area contributed by atoms with Crippen molar-refractivity contribution in [2.75, 3.05) is 5.32 Å². The van der Waals surface area contributed by atoms with E-state index in [1.54, 1.807) is 23.6 Å². The van der Waals surface area contributed by atoms with E-state index in [0.717, 1.165) is 10.1 Å². The molecule has 0 fully saturated rings. The maximum absolute atomic E-state index is 12.1. The second-order valence-electron chi connectivity index (χ2n) is 3.81. The van der Waals surface area contributed by atoms with Crippen molar-refractivity contribution in [1.29, 1.82) is 0 Å². The zero-order valence-corrected chi connectivity index (χ0v) is 10.3. The largest absolute Gasteiger partial charge is 0.307 e. The van der Waals surface area contributed by atoms with Crippen LogP contribution >= 0.6 is 11.3 Å². The van der Waals surface area contributed by atoms with Gasteiger partial charge in [-0.2, -0.15) is 0 Å². The Morgan fingerprint density at radius 2 is 1.94 bits per heavy atom. The molecule has 2 heterocycles. The monoisotopic (exact) mass is 254 g/mol. The van der Waals surface area contributed by atoms with E-state index < -0.39 is 0 Å². The number of thiophene rings is 1. The van der Waals surface area contributed by atoms with Gasteiger partial charge in [-0.1, -0.05) is 24.3 Å². The number of carbonyl (C=O) groups is 1. The molecule has 1 N–H and O–H groups in total. The van der Waals surface area contributed by atoms with Crippen LogP contribution < -0.4 is 5.32 Å². The minimum absolute atomic E-state index is 0.119. The van der Waals surface area contributed by atoms with Crippen LogP contribution in [0, 0.1) is 0 Å². The van der Waals surface area contributed by atoms with Crippen LogP contribution in [0.1, 0.15) is 10.4 Å². The average molecular weight is 254 g/mol. The molecular weight excluding hydrogens is 244 g/mol. The summed E-state index contributed by atoms with van der Waals surface area (Å²) in [5.74, 6) is 0.448. The molecule has 4 heteroatoms. The lowest BCUT2D eigenvalue weighted by atomic mass is 10.1. The smallest absolute Gasteiger partial charge is 0.258 e. The Morgan fingerprint density at radius 3 is 2.78 bits per heavy atom. The zero-order chi connectivity index (χ0) is 12.4. The molecule has 0 bridgehead atoms. The summed E-state index contributed by atoms with van der Waals surface area (Å²) in [7, 11) is 0. The number of anilines is 1. The molecule has 3 nitrogen and oxygen atoms in total. The first kappa shape index (κ1) is 10.9. The van der Waals surface area contributed by atoms with Gasteiger partial charge in [0.25, 0.3) is 5.91 Å². The Balaban J connectivity index is 1.93. The summed E-state index contributed by atoms with van der Waals surface area (Å²) in [6, 6.07) is 13.3. The molecule has 0 aliphatic carbocycles. The summed E-state index contributed by atoms with van der Waals surface area (Å²) < 4.78 is 1.11. The van der Waals surface area contributed by atoms with E-state index in [0.29, 0.717) is 11.4 Å². The summed E-state index contributed by atoms with van der Waals surface area (Å²) in [4.78, 5) is 16.2. The fourth-order valence-corrected chi connectivity index (χ4v) is 2.71. The highest BCUT2D eigenvalue weighted by molar-refractivity contribution is 7.17. The van der Waals surface area contributed by atoms with Gasteiger partial charge in [0.1, 0.15) is 5.82 Å². The highest BCUT2D eigenvalue weighted by Crippen LogP contribution is 2.26. The number of aromatic nitrogens is 1. The first-order chi connectivity index (χ1) is 8.84. The zero-order valence-electron chi connectivity index (χ0n) is 9.46. The number of amides is 1. The fourth-order valence-electron chi connectivity index (χ4n) is 1.77. The van der Waals surface area contributed by atoms with Crippen LogP contribution in [-0.4, -0.2) is 10.9 Å². The molecule has 0 aliphatic heterocycles. The molecular formula is C14H10N2OS. The molecule has 0 aliphatic rings. The summed E-state index contributed by atoms with van der Waals surface area (Å²) in [5, 5.41) is 5.65. The SMILES string of the molecule is O=C(Nc1ccccn1)c1csc2ccccc12. The van der Waals surface area contributed by atoms with Gasteiger partial charge in [0, 0.05) is 21.7 Å². The molecule has 1 aromatic carbocycles. The number of carbonyl (C=O) groups excluding carboxylic acids is 1. The van der Waals surface area contributed by atoms with Crippen LogP contribution in [0.15, 0.2) is 54.0 Å². The summed E-state index contributed by atoms with van der Waals surface area (Å²) in [6.07, 6.45) is 1.65. The van der Waals surface area contributed by atoms with Gasteiger partial charge in [-0.05, 0) is 18.2 Å². The lowest BCUT2D eigenvalue weighted by Gasteiger charge is -2.02. The molecule has 88 valence electrons. The van der Waals surface area contributed by atoms with Gasteiger partial charge in [0.05, 0.1) is 5.56 Å². The Hall–Kier alpha value is -2.20. The van der Waals surface area contributed by atoms with Crippen molar-refractivity contribution in [1.82, 2.24) is 4.98 Å². The van der Waals surface area contributed by atoms with Crippen molar-refractivity contribution in [3.05, 3.63) is 59.6 Å². The molecule has 3 rings (SSSR count). The topological polar surface area (TPSA) is 42.0 Å². The molecule has 0 radical (unpaired) electrons. The quantitative estimate of drug-likeness (QED) is 0.760. The molecule has 0 spiro atoms. The third-order valence-electron chi connectivity index (χ3n) is 2.63. The molecule has 0 atom stereocenters. The number of benzene rings is 1. The standard InChI is InChI=1S/C14H10N2OS/c17-14(16-13-7-3-4-8-15-13)11-9-18-12-6-2-1-5-10(11)12/h1-9H,(H,15,16,17). The minimum Gasteiger partial charge on any atom is -0.307 e. The Kier molecular flexibility index (Phi) is 2.78. The van der Waals surface area contributed by atoms with Crippen molar-refractivity contribution < 1.29 is 4.79 Å². The normalized spacial score (nSPS) is 10.4. The van der Waals surface area contributed by atoms with E-state index in [2.05, 4.69) is 10.3 Å². The number of rotatable bonds is 2. The average Bonchev–Trinajstić information content (AvgIpc) is 2.84. The molecule has 3 aromatic rings. The molecule has 0 unspecified atom stereocenters. The number of fused-ring (bicyclic) bond motifs is 1. The highest BCUT2D eigenvalue weighted by atomic mass is 32.1. The van der Waals surface area contributed by atoms with Crippen molar-refractivity contribution in [2.45, 2.75) is 0 Å². The number of pyridine rings is 1. The van der Waals surface area contributed by atoms with E-state index in [1.807, 2.05) is 41.8 Å². The van der Waals surface area contributed by atoms with Gasteiger partial charge in [0.2, 0.25) is 0 Å². The van der Waals surface area contributed by atoms with Crippen molar-refractivity contribution in [3.8, 4) is 0 Å². The van der Waals surface area contributed by atoms with Gasteiger partial charge in [-0.25, -0.2) is 4.98 Å². The fraction of sp³-hybridized carbons (Fsp3) is 0. The summed E-state index contributed by atoms with van der Waals surface area (Å²) in [6.45, 7) is 0. The van der Waals surface area contributed by atoms with Gasteiger partial charge < -0.3 is 5.32 Å². The van der Waals surface area contributed by atoms with Crippen LogP contribution in [-0.2, 0) is 0 Å². The third-order valence-corrected chi connectivity index (χ3v) is 3.60. The predicted molar refractivity (Wildman–Crippen MR) is 74.0 cm³/mol. The lowest BCUT2D eigenvalue weighted by Crippen LogP contribution is -2.12. The Bertz CT molecular complexity index is 691. The van der Waals surface area contributed by atoms with Crippen LogP contribution in [0.5, 0.6) is 0 Å². The Labute approximate surface area is 108 Å². The predicted octanol–water partition coefficient (Wildman–Crippen LogP) is 3.55.